The van der Waals surface area contributed by atoms with Crippen LogP contribution in [0.2, 0.25) is 0 Å². The zero-order chi connectivity index (χ0) is 20.9. The maximum Gasteiger partial charge on any atom is 0.235 e. The van der Waals surface area contributed by atoms with Gasteiger partial charge in [0.05, 0.1) is 25.1 Å². The molecule has 2 aromatic heterocycles. The number of benzene rings is 1. The van der Waals surface area contributed by atoms with Crippen LogP contribution in [0.5, 0.6) is 5.75 Å². The number of carbonyl (C=O) groups excluding carboxylic acids is 1. The first-order chi connectivity index (χ1) is 14.7. The molecule has 9 heteroatoms. The SMILES string of the molecule is COc1ccc(-n2c(C)nnc2SCC(=O)Nc2ccnn2C2CCCCC2)cc1. The lowest BCUT2D eigenvalue weighted by Gasteiger charge is -2.23. The predicted molar refractivity (Wildman–Crippen MR) is 116 cm³/mol. The number of nitrogens with one attached hydrogen (secondary N) is 1. The average Bonchev–Trinajstić information content (AvgIpc) is 3.39. The van der Waals surface area contributed by atoms with E-state index >= 15 is 0 Å². The third-order valence-corrected chi connectivity index (χ3v) is 6.25. The first-order valence-electron chi connectivity index (χ1n) is 10.2. The van der Waals surface area contributed by atoms with Gasteiger partial charge < -0.3 is 10.1 Å². The van der Waals surface area contributed by atoms with Crippen molar-refractivity contribution in [1.29, 1.82) is 0 Å². The standard InChI is InChI=1S/C21H26N6O2S/c1-15-24-25-21(26(15)16-8-10-18(29-2)11-9-16)30-14-20(28)23-19-12-13-22-27(19)17-6-4-3-5-7-17/h8-13,17H,3-7,14H2,1-2H3,(H,23,28). The van der Waals surface area contributed by atoms with Crippen molar-refractivity contribution in [3.63, 3.8) is 0 Å². The van der Waals surface area contributed by atoms with Gasteiger partial charge in [0.15, 0.2) is 5.16 Å². The number of rotatable bonds is 7. The molecule has 0 aliphatic heterocycles. The number of aryl methyl sites for hydroxylation is 1. The zero-order valence-corrected chi connectivity index (χ0v) is 18.1. The molecule has 1 aliphatic carbocycles. The number of aromatic nitrogens is 5. The second kappa shape index (κ2) is 9.34. The lowest BCUT2D eigenvalue weighted by molar-refractivity contribution is -0.113. The smallest absolute Gasteiger partial charge is 0.235 e. The Kier molecular flexibility index (Phi) is 6.37. The van der Waals surface area contributed by atoms with E-state index in [1.807, 2.05) is 46.5 Å². The highest BCUT2D eigenvalue weighted by Crippen LogP contribution is 2.30. The highest BCUT2D eigenvalue weighted by molar-refractivity contribution is 7.99. The summed E-state index contributed by atoms with van der Waals surface area (Å²) in [6.07, 6.45) is 7.70. The second-order valence-electron chi connectivity index (χ2n) is 7.35. The Hall–Kier alpha value is -2.81. The van der Waals surface area contributed by atoms with Crippen LogP contribution in [-0.4, -0.2) is 43.3 Å². The van der Waals surface area contributed by atoms with Gasteiger partial charge in [-0.15, -0.1) is 10.2 Å². The summed E-state index contributed by atoms with van der Waals surface area (Å²) in [4.78, 5) is 12.6. The maximum absolute atomic E-state index is 12.6. The van der Waals surface area contributed by atoms with Crippen molar-refractivity contribution in [3.05, 3.63) is 42.4 Å². The van der Waals surface area contributed by atoms with Crippen molar-refractivity contribution < 1.29 is 9.53 Å². The Labute approximate surface area is 180 Å². The van der Waals surface area contributed by atoms with Crippen LogP contribution >= 0.6 is 11.8 Å². The number of anilines is 1. The van der Waals surface area contributed by atoms with Gasteiger partial charge in [-0.05, 0) is 44.0 Å². The largest absolute Gasteiger partial charge is 0.497 e. The minimum absolute atomic E-state index is 0.0838. The summed E-state index contributed by atoms with van der Waals surface area (Å²) in [6, 6.07) is 9.91. The molecular weight excluding hydrogens is 400 g/mol. The van der Waals surface area contributed by atoms with Gasteiger partial charge in [-0.3, -0.25) is 9.36 Å². The van der Waals surface area contributed by atoms with Crippen LogP contribution in [0.15, 0.2) is 41.7 Å². The molecule has 0 spiro atoms. The summed E-state index contributed by atoms with van der Waals surface area (Å²) in [7, 11) is 1.64. The molecule has 0 bridgehead atoms. The molecule has 1 N–H and O–H groups in total. The molecule has 3 aromatic rings. The molecule has 1 aliphatic rings. The number of amides is 1. The van der Waals surface area contributed by atoms with E-state index in [2.05, 4.69) is 20.6 Å². The fraction of sp³-hybridized carbons (Fsp3) is 0.429. The summed E-state index contributed by atoms with van der Waals surface area (Å²) in [6.45, 7) is 1.89. The van der Waals surface area contributed by atoms with Gasteiger partial charge in [-0.25, -0.2) is 4.68 Å². The number of hydrogen-bond acceptors (Lipinski definition) is 6. The average molecular weight is 427 g/mol. The van der Waals surface area contributed by atoms with E-state index in [-0.39, 0.29) is 11.7 Å². The number of ether oxygens (including phenoxy) is 1. The quantitative estimate of drug-likeness (QED) is 0.574. The molecule has 1 fully saturated rings. The van der Waals surface area contributed by atoms with Gasteiger partial charge in [0.25, 0.3) is 0 Å². The Bertz CT molecular complexity index is 991. The molecule has 158 valence electrons. The first-order valence-corrected chi connectivity index (χ1v) is 11.2. The van der Waals surface area contributed by atoms with Crippen LogP contribution < -0.4 is 10.1 Å². The van der Waals surface area contributed by atoms with Crippen molar-refractivity contribution in [2.24, 2.45) is 0 Å². The fourth-order valence-electron chi connectivity index (χ4n) is 3.80. The lowest BCUT2D eigenvalue weighted by atomic mass is 9.96. The van der Waals surface area contributed by atoms with Crippen LogP contribution in [0.3, 0.4) is 0 Å². The summed E-state index contributed by atoms with van der Waals surface area (Å²) in [5.41, 5.74) is 0.927. The Morgan fingerprint density at radius 2 is 1.93 bits per heavy atom. The molecule has 0 unspecified atom stereocenters. The zero-order valence-electron chi connectivity index (χ0n) is 17.2. The van der Waals surface area contributed by atoms with Crippen molar-refractivity contribution in [3.8, 4) is 11.4 Å². The highest BCUT2D eigenvalue weighted by Gasteiger charge is 2.20. The highest BCUT2D eigenvalue weighted by atomic mass is 32.2. The number of thioether (sulfide) groups is 1. The number of methoxy groups -OCH3 is 1. The third kappa shape index (κ3) is 4.51. The van der Waals surface area contributed by atoms with Gasteiger partial charge in [-0.2, -0.15) is 5.10 Å². The van der Waals surface area contributed by atoms with Gasteiger partial charge in [0.2, 0.25) is 5.91 Å². The normalized spacial score (nSPS) is 14.6. The third-order valence-electron chi connectivity index (χ3n) is 5.32. The minimum atomic E-state index is -0.0838. The van der Waals surface area contributed by atoms with E-state index in [0.717, 1.165) is 35.9 Å². The fourth-order valence-corrected chi connectivity index (χ4v) is 4.60. The molecule has 1 aromatic carbocycles. The molecule has 30 heavy (non-hydrogen) atoms. The van der Waals surface area contributed by atoms with E-state index in [0.29, 0.717) is 11.2 Å². The second-order valence-corrected chi connectivity index (χ2v) is 8.30. The molecule has 8 nitrogen and oxygen atoms in total. The van der Waals surface area contributed by atoms with Crippen molar-refractivity contribution >= 4 is 23.5 Å². The molecular formula is C21H26N6O2S. The van der Waals surface area contributed by atoms with Crippen molar-refractivity contribution in [1.82, 2.24) is 24.5 Å². The first kappa shape index (κ1) is 20.5. The summed E-state index contributed by atoms with van der Waals surface area (Å²) in [5.74, 6) is 2.47. The molecule has 0 atom stereocenters. The van der Waals surface area contributed by atoms with Crippen LogP contribution in [-0.2, 0) is 4.79 Å². The van der Waals surface area contributed by atoms with E-state index in [9.17, 15) is 4.79 Å². The molecule has 1 saturated carbocycles. The summed E-state index contributed by atoms with van der Waals surface area (Å²) >= 11 is 1.36. The van der Waals surface area contributed by atoms with Gasteiger partial charge in [-0.1, -0.05) is 31.0 Å². The van der Waals surface area contributed by atoms with Crippen LogP contribution in [0.4, 0.5) is 5.82 Å². The van der Waals surface area contributed by atoms with Crippen LogP contribution in [0.25, 0.3) is 5.69 Å². The molecule has 0 saturated heterocycles. The van der Waals surface area contributed by atoms with Crippen molar-refractivity contribution in [2.75, 3.05) is 18.2 Å². The minimum Gasteiger partial charge on any atom is -0.497 e. The van der Waals surface area contributed by atoms with E-state index in [4.69, 9.17) is 4.74 Å². The predicted octanol–water partition coefficient (Wildman–Crippen LogP) is 4.02. The van der Waals surface area contributed by atoms with Gasteiger partial charge in [0.1, 0.15) is 17.4 Å². The summed E-state index contributed by atoms with van der Waals surface area (Å²) < 4.78 is 9.12. The van der Waals surface area contributed by atoms with E-state index in [1.54, 1.807) is 13.3 Å². The van der Waals surface area contributed by atoms with E-state index in [1.165, 1.54) is 31.0 Å². The number of nitrogens with zero attached hydrogens (tertiary/aromatic N) is 5. The Morgan fingerprint density at radius 3 is 2.67 bits per heavy atom. The molecule has 0 radical (unpaired) electrons. The molecule has 2 heterocycles. The van der Waals surface area contributed by atoms with Gasteiger partial charge >= 0.3 is 0 Å². The van der Waals surface area contributed by atoms with E-state index < -0.39 is 0 Å². The van der Waals surface area contributed by atoms with Gasteiger partial charge in [0, 0.05) is 11.8 Å². The molecule has 1 amide bonds. The number of carbonyl (C=O) groups is 1. The Balaban J connectivity index is 1.41. The summed E-state index contributed by atoms with van der Waals surface area (Å²) in [5, 5.41) is 16.5. The lowest BCUT2D eigenvalue weighted by Crippen LogP contribution is -2.21. The monoisotopic (exact) mass is 426 g/mol. The van der Waals surface area contributed by atoms with Crippen LogP contribution in [0, 0.1) is 6.92 Å². The number of hydrogen-bond donors (Lipinski definition) is 1. The van der Waals surface area contributed by atoms with Crippen molar-refractivity contribution in [2.45, 2.75) is 50.2 Å². The Morgan fingerprint density at radius 1 is 1.17 bits per heavy atom. The maximum atomic E-state index is 12.6. The molecule has 4 rings (SSSR count). The topological polar surface area (TPSA) is 86.9 Å². The van der Waals surface area contributed by atoms with Crippen LogP contribution in [0.1, 0.15) is 44.0 Å².